The standard InChI is InChI=1S/C26H33N3O5/c1-31-23-13-20-8-11-29(26(30)27-21(20)14-24(23)32-2)16-19-4-3-9-28(15-19)10-7-18-5-6-22-25(12-18)34-17-33-22/h5-6,12-14,19H,3-4,7-11,15-17H2,1-2H3,(H,27,30). The van der Waals surface area contributed by atoms with Crippen LogP contribution in [0.1, 0.15) is 24.0 Å². The van der Waals surface area contributed by atoms with Crippen LogP contribution in [0.25, 0.3) is 0 Å². The van der Waals surface area contributed by atoms with Gasteiger partial charge in [-0.1, -0.05) is 6.07 Å². The highest BCUT2D eigenvalue weighted by molar-refractivity contribution is 5.91. The molecule has 0 aliphatic carbocycles. The molecular formula is C26H33N3O5. The van der Waals surface area contributed by atoms with Gasteiger partial charge < -0.3 is 34.1 Å². The van der Waals surface area contributed by atoms with Crippen LogP contribution in [0.15, 0.2) is 30.3 Å². The molecule has 0 bridgehead atoms. The third-order valence-electron chi connectivity index (χ3n) is 7.02. The second-order valence-electron chi connectivity index (χ2n) is 9.24. The van der Waals surface area contributed by atoms with Crippen LogP contribution in [0, 0.1) is 5.92 Å². The number of amides is 2. The summed E-state index contributed by atoms with van der Waals surface area (Å²) in [5.41, 5.74) is 3.14. The highest BCUT2D eigenvalue weighted by atomic mass is 16.7. The van der Waals surface area contributed by atoms with E-state index >= 15 is 0 Å². The average Bonchev–Trinajstić information content (AvgIpc) is 3.27. The van der Waals surface area contributed by atoms with E-state index in [1.165, 1.54) is 5.56 Å². The molecule has 3 heterocycles. The first-order chi connectivity index (χ1) is 16.6. The minimum Gasteiger partial charge on any atom is -0.493 e. The maximum atomic E-state index is 13.0. The van der Waals surface area contributed by atoms with Crippen molar-refractivity contribution in [3.63, 3.8) is 0 Å². The monoisotopic (exact) mass is 467 g/mol. The molecule has 1 unspecified atom stereocenters. The molecule has 8 heteroatoms. The first-order valence-electron chi connectivity index (χ1n) is 12.0. The van der Waals surface area contributed by atoms with E-state index in [1.54, 1.807) is 14.2 Å². The zero-order valence-corrected chi connectivity index (χ0v) is 20.0. The summed E-state index contributed by atoms with van der Waals surface area (Å²) in [5, 5.41) is 3.08. The van der Waals surface area contributed by atoms with Gasteiger partial charge in [0.2, 0.25) is 6.79 Å². The van der Waals surface area contributed by atoms with Crippen molar-refractivity contribution in [1.29, 1.82) is 0 Å². The fourth-order valence-corrected chi connectivity index (χ4v) is 5.17. The van der Waals surface area contributed by atoms with Gasteiger partial charge in [-0.25, -0.2) is 4.79 Å². The number of fused-ring (bicyclic) bond motifs is 2. The molecular weight excluding hydrogens is 434 g/mol. The van der Waals surface area contributed by atoms with E-state index in [0.29, 0.717) is 30.8 Å². The van der Waals surface area contributed by atoms with Gasteiger partial charge in [-0.3, -0.25) is 0 Å². The van der Waals surface area contributed by atoms with Gasteiger partial charge in [0.1, 0.15) is 0 Å². The van der Waals surface area contributed by atoms with Gasteiger partial charge in [-0.05, 0) is 67.5 Å². The summed E-state index contributed by atoms with van der Waals surface area (Å²) in [5.74, 6) is 3.46. The van der Waals surface area contributed by atoms with Crippen molar-refractivity contribution in [2.24, 2.45) is 5.92 Å². The number of rotatable bonds is 7. The Morgan fingerprint density at radius 3 is 2.74 bits per heavy atom. The summed E-state index contributed by atoms with van der Waals surface area (Å²) in [6.45, 7) is 4.91. The lowest BCUT2D eigenvalue weighted by Gasteiger charge is -2.35. The number of urea groups is 1. The van der Waals surface area contributed by atoms with Crippen molar-refractivity contribution in [3.05, 3.63) is 41.5 Å². The number of nitrogens with one attached hydrogen (secondary N) is 1. The van der Waals surface area contributed by atoms with Gasteiger partial charge in [0.05, 0.1) is 14.2 Å². The molecule has 34 heavy (non-hydrogen) atoms. The van der Waals surface area contributed by atoms with Crippen molar-refractivity contribution in [1.82, 2.24) is 9.80 Å². The van der Waals surface area contributed by atoms with Crippen LogP contribution < -0.4 is 24.3 Å². The van der Waals surface area contributed by atoms with Crippen LogP contribution in [0.5, 0.6) is 23.0 Å². The highest BCUT2D eigenvalue weighted by Crippen LogP contribution is 2.35. The normalized spacial score (nSPS) is 19.9. The molecule has 0 aromatic heterocycles. The Bertz CT molecular complexity index is 1040. The largest absolute Gasteiger partial charge is 0.493 e. The van der Waals surface area contributed by atoms with Crippen LogP contribution in [0.4, 0.5) is 10.5 Å². The lowest BCUT2D eigenvalue weighted by atomic mass is 9.96. The SMILES string of the molecule is COc1cc2c(cc1OC)NC(=O)N(CC1CCCN(CCc3ccc4c(c3)OCO4)C1)CC2. The number of anilines is 1. The fourth-order valence-electron chi connectivity index (χ4n) is 5.17. The van der Waals surface area contributed by atoms with Crippen LogP contribution in [0.2, 0.25) is 0 Å². The number of methoxy groups -OCH3 is 2. The summed E-state index contributed by atoms with van der Waals surface area (Å²) in [6, 6.07) is 10.00. The van der Waals surface area contributed by atoms with Crippen LogP contribution >= 0.6 is 0 Å². The first kappa shape index (κ1) is 22.7. The molecule has 2 amide bonds. The van der Waals surface area contributed by atoms with Crippen molar-refractivity contribution in [2.45, 2.75) is 25.7 Å². The third-order valence-corrected chi connectivity index (χ3v) is 7.02. The number of hydrogen-bond donors (Lipinski definition) is 1. The summed E-state index contributed by atoms with van der Waals surface area (Å²) in [7, 11) is 3.24. The minimum absolute atomic E-state index is 0.0385. The number of carbonyl (C=O) groups is 1. The van der Waals surface area contributed by atoms with Crippen molar-refractivity contribution in [3.8, 4) is 23.0 Å². The Morgan fingerprint density at radius 2 is 1.88 bits per heavy atom. The number of carbonyl (C=O) groups excluding carboxylic acids is 1. The van der Waals surface area contributed by atoms with E-state index in [0.717, 1.165) is 74.6 Å². The number of benzene rings is 2. The molecule has 0 spiro atoms. The molecule has 0 radical (unpaired) electrons. The lowest BCUT2D eigenvalue weighted by Crippen LogP contribution is -2.44. The van der Waals surface area contributed by atoms with Gasteiger partial charge in [0, 0.05) is 37.9 Å². The number of piperidine rings is 1. The molecule has 1 atom stereocenters. The molecule has 3 aliphatic rings. The lowest BCUT2D eigenvalue weighted by molar-refractivity contribution is 0.143. The van der Waals surface area contributed by atoms with Crippen LogP contribution in [-0.2, 0) is 12.8 Å². The number of nitrogens with zero attached hydrogens (tertiary/aromatic N) is 2. The zero-order chi connectivity index (χ0) is 23.5. The maximum absolute atomic E-state index is 13.0. The fraction of sp³-hybridized carbons (Fsp3) is 0.500. The van der Waals surface area contributed by atoms with Gasteiger partial charge in [-0.2, -0.15) is 0 Å². The van der Waals surface area contributed by atoms with E-state index in [1.807, 2.05) is 23.1 Å². The van der Waals surface area contributed by atoms with Crippen molar-refractivity contribution in [2.75, 3.05) is 59.1 Å². The molecule has 2 aromatic rings. The van der Waals surface area contributed by atoms with E-state index < -0.39 is 0 Å². The van der Waals surface area contributed by atoms with Crippen LogP contribution in [0.3, 0.4) is 0 Å². The topological polar surface area (TPSA) is 72.5 Å². The van der Waals surface area contributed by atoms with Crippen molar-refractivity contribution < 1.29 is 23.7 Å². The molecule has 8 nitrogen and oxygen atoms in total. The summed E-state index contributed by atoms with van der Waals surface area (Å²) < 4.78 is 21.8. The molecule has 1 fully saturated rings. The number of likely N-dealkylation sites (tertiary alicyclic amines) is 1. The first-order valence-corrected chi connectivity index (χ1v) is 12.0. The van der Waals surface area contributed by atoms with E-state index in [4.69, 9.17) is 18.9 Å². The maximum Gasteiger partial charge on any atom is 0.321 e. The van der Waals surface area contributed by atoms with Gasteiger partial charge in [-0.15, -0.1) is 0 Å². The Labute approximate surface area is 200 Å². The van der Waals surface area contributed by atoms with E-state index in [9.17, 15) is 4.79 Å². The molecule has 1 N–H and O–H groups in total. The molecule has 3 aliphatic heterocycles. The molecule has 5 rings (SSSR count). The van der Waals surface area contributed by atoms with E-state index in [-0.39, 0.29) is 6.03 Å². The Hall–Kier alpha value is -3.13. The molecule has 1 saturated heterocycles. The summed E-state index contributed by atoms with van der Waals surface area (Å²) in [6.07, 6.45) is 4.08. The molecule has 2 aromatic carbocycles. The summed E-state index contributed by atoms with van der Waals surface area (Å²) >= 11 is 0. The molecule has 182 valence electrons. The Morgan fingerprint density at radius 1 is 1.06 bits per heavy atom. The van der Waals surface area contributed by atoms with Gasteiger partial charge in [0.15, 0.2) is 23.0 Å². The number of ether oxygens (including phenoxy) is 4. The second-order valence-corrected chi connectivity index (χ2v) is 9.24. The average molecular weight is 468 g/mol. The Balaban J connectivity index is 1.17. The highest BCUT2D eigenvalue weighted by Gasteiger charge is 2.27. The minimum atomic E-state index is -0.0385. The van der Waals surface area contributed by atoms with Gasteiger partial charge in [0.25, 0.3) is 0 Å². The van der Waals surface area contributed by atoms with E-state index in [2.05, 4.69) is 22.3 Å². The van der Waals surface area contributed by atoms with Crippen LogP contribution in [-0.4, -0.2) is 69.6 Å². The predicted molar refractivity (Wildman–Crippen MR) is 129 cm³/mol. The Kier molecular flexibility index (Phi) is 6.67. The number of hydrogen-bond acceptors (Lipinski definition) is 6. The van der Waals surface area contributed by atoms with Gasteiger partial charge >= 0.3 is 6.03 Å². The zero-order valence-electron chi connectivity index (χ0n) is 20.0. The quantitative estimate of drug-likeness (QED) is 0.668. The summed E-state index contributed by atoms with van der Waals surface area (Å²) in [4.78, 5) is 17.5. The molecule has 0 saturated carbocycles. The third kappa shape index (κ3) is 4.87. The van der Waals surface area contributed by atoms with Crippen molar-refractivity contribution >= 4 is 11.7 Å². The second kappa shape index (κ2) is 10.0. The predicted octanol–water partition coefficient (Wildman–Crippen LogP) is 3.78. The smallest absolute Gasteiger partial charge is 0.321 e.